The highest BCUT2D eigenvalue weighted by Gasteiger charge is 2.45. The predicted octanol–water partition coefficient (Wildman–Crippen LogP) is 0.335. The summed E-state index contributed by atoms with van der Waals surface area (Å²) in [6, 6.07) is 8.51. The first-order valence-electron chi connectivity index (χ1n) is 7.76. The van der Waals surface area contributed by atoms with Crippen LogP contribution in [-0.2, 0) is 4.74 Å². The summed E-state index contributed by atoms with van der Waals surface area (Å²) in [5.41, 5.74) is -0.937. The lowest BCUT2D eigenvalue weighted by molar-refractivity contribution is -0.151. The molecular formula is C17H24O6. The van der Waals surface area contributed by atoms with Gasteiger partial charge in [0.25, 0.3) is 0 Å². The van der Waals surface area contributed by atoms with Crippen LogP contribution in [0.4, 0.5) is 0 Å². The molecule has 1 aromatic carbocycles. The zero-order chi connectivity index (χ0) is 17.0. The standard InChI is InChI=1S/C17H24O6/c1-17(22)8-14(19)13(7-15(17)20)12(9-18)10-23-16(21)11-5-3-2-4-6-11/h2-6,12-15,18-20,22H,7-10H2,1H3/t12-,13-,14-,15-,17+/m1/s1. The van der Waals surface area contributed by atoms with Gasteiger partial charge in [0, 0.05) is 18.9 Å². The van der Waals surface area contributed by atoms with E-state index in [2.05, 4.69) is 0 Å². The second-order valence-electron chi connectivity index (χ2n) is 6.45. The highest BCUT2D eigenvalue weighted by Crippen LogP contribution is 2.36. The maximum atomic E-state index is 11.9. The Bertz CT molecular complexity index is 515. The number of carbonyl (C=O) groups is 1. The Kier molecular flexibility index (Phi) is 5.75. The number of aliphatic hydroxyl groups is 4. The van der Waals surface area contributed by atoms with Crippen LogP contribution in [0.3, 0.4) is 0 Å². The van der Waals surface area contributed by atoms with Crippen molar-refractivity contribution in [2.24, 2.45) is 11.8 Å². The quantitative estimate of drug-likeness (QED) is 0.582. The molecule has 4 N–H and O–H groups in total. The molecule has 0 amide bonds. The smallest absolute Gasteiger partial charge is 0.338 e. The van der Waals surface area contributed by atoms with Gasteiger partial charge in [0.15, 0.2) is 0 Å². The average Bonchev–Trinajstić information content (AvgIpc) is 2.52. The molecule has 2 rings (SSSR count). The van der Waals surface area contributed by atoms with Gasteiger partial charge in [-0.05, 0) is 31.4 Å². The van der Waals surface area contributed by atoms with E-state index in [1.54, 1.807) is 30.3 Å². The Balaban J connectivity index is 1.96. The van der Waals surface area contributed by atoms with Crippen molar-refractivity contribution >= 4 is 5.97 Å². The van der Waals surface area contributed by atoms with Crippen molar-refractivity contribution in [1.82, 2.24) is 0 Å². The van der Waals surface area contributed by atoms with E-state index in [1.807, 2.05) is 0 Å². The summed E-state index contributed by atoms with van der Waals surface area (Å²) >= 11 is 0. The molecule has 0 radical (unpaired) electrons. The fraction of sp³-hybridized carbons (Fsp3) is 0.588. The minimum absolute atomic E-state index is 0.0158. The fourth-order valence-corrected chi connectivity index (χ4v) is 3.04. The first-order valence-corrected chi connectivity index (χ1v) is 7.76. The maximum absolute atomic E-state index is 11.9. The van der Waals surface area contributed by atoms with Gasteiger partial charge in [0.2, 0.25) is 0 Å². The van der Waals surface area contributed by atoms with Crippen molar-refractivity contribution in [2.75, 3.05) is 13.2 Å². The third kappa shape index (κ3) is 4.29. The monoisotopic (exact) mass is 324 g/mol. The van der Waals surface area contributed by atoms with E-state index in [9.17, 15) is 25.2 Å². The van der Waals surface area contributed by atoms with E-state index < -0.39 is 35.6 Å². The number of ether oxygens (including phenoxy) is 1. The van der Waals surface area contributed by atoms with Crippen molar-refractivity contribution in [1.29, 1.82) is 0 Å². The number of hydrogen-bond acceptors (Lipinski definition) is 6. The normalized spacial score (nSPS) is 32.3. The van der Waals surface area contributed by atoms with Gasteiger partial charge in [0.1, 0.15) is 0 Å². The minimum atomic E-state index is -1.35. The Morgan fingerprint density at radius 3 is 2.61 bits per heavy atom. The number of esters is 1. The molecule has 0 saturated heterocycles. The SMILES string of the molecule is C[C@]1(O)C[C@@H](O)[C@@H]([C@H](CO)COC(=O)c2ccccc2)C[C@H]1O. The highest BCUT2D eigenvalue weighted by atomic mass is 16.5. The third-order valence-corrected chi connectivity index (χ3v) is 4.61. The van der Waals surface area contributed by atoms with Gasteiger partial charge in [0.05, 0.1) is 30.0 Å². The number of carbonyl (C=O) groups excluding carboxylic acids is 1. The first-order chi connectivity index (χ1) is 10.8. The topological polar surface area (TPSA) is 107 Å². The summed E-state index contributed by atoms with van der Waals surface area (Å²) in [4.78, 5) is 11.9. The van der Waals surface area contributed by atoms with Crippen molar-refractivity contribution < 1.29 is 30.0 Å². The molecule has 128 valence electrons. The minimum Gasteiger partial charge on any atom is -0.462 e. The van der Waals surface area contributed by atoms with Gasteiger partial charge in [-0.25, -0.2) is 4.79 Å². The lowest BCUT2D eigenvalue weighted by Crippen LogP contribution is -2.52. The first kappa shape index (κ1) is 17.9. The van der Waals surface area contributed by atoms with E-state index in [0.717, 1.165) is 0 Å². The molecule has 1 fully saturated rings. The molecule has 1 aliphatic rings. The number of hydrogen-bond donors (Lipinski definition) is 4. The molecule has 0 spiro atoms. The summed E-state index contributed by atoms with van der Waals surface area (Å²) < 4.78 is 5.22. The molecule has 1 saturated carbocycles. The van der Waals surface area contributed by atoms with Crippen LogP contribution in [0.25, 0.3) is 0 Å². The third-order valence-electron chi connectivity index (χ3n) is 4.61. The van der Waals surface area contributed by atoms with Crippen molar-refractivity contribution in [2.45, 2.75) is 37.6 Å². The van der Waals surface area contributed by atoms with E-state index in [4.69, 9.17) is 4.74 Å². The van der Waals surface area contributed by atoms with Crippen molar-refractivity contribution in [3.63, 3.8) is 0 Å². The van der Waals surface area contributed by atoms with Gasteiger partial charge < -0.3 is 25.2 Å². The van der Waals surface area contributed by atoms with Crippen LogP contribution >= 0.6 is 0 Å². The Labute approximate surface area is 135 Å². The van der Waals surface area contributed by atoms with Crippen molar-refractivity contribution in [3.8, 4) is 0 Å². The van der Waals surface area contributed by atoms with Gasteiger partial charge in [-0.3, -0.25) is 0 Å². The Morgan fingerprint density at radius 1 is 1.35 bits per heavy atom. The van der Waals surface area contributed by atoms with Gasteiger partial charge in [-0.1, -0.05) is 18.2 Å². The van der Waals surface area contributed by atoms with E-state index >= 15 is 0 Å². The van der Waals surface area contributed by atoms with Crippen LogP contribution < -0.4 is 0 Å². The summed E-state index contributed by atoms with van der Waals surface area (Å²) in [5.74, 6) is -1.44. The predicted molar refractivity (Wildman–Crippen MR) is 82.7 cm³/mol. The summed E-state index contributed by atoms with van der Waals surface area (Å²) in [6.45, 7) is 1.14. The molecule has 5 atom stereocenters. The summed E-state index contributed by atoms with van der Waals surface area (Å²) in [6.07, 6.45) is -1.71. The van der Waals surface area contributed by atoms with Gasteiger partial charge >= 0.3 is 5.97 Å². The van der Waals surface area contributed by atoms with Crippen LogP contribution in [0.15, 0.2) is 30.3 Å². The van der Waals surface area contributed by atoms with E-state index in [0.29, 0.717) is 5.56 Å². The fourth-order valence-electron chi connectivity index (χ4n) is 3.04. The molecule has 1 aliphatic carbocycles. The molecule has 0 heterocycles. The molecule has 0 aliphatic heterocycles. The zero-order valence-electron chi connectivity index (χ0n) is 13.1. The number of aliphatic hydroxyl groups excluding tert-OH is 3. The van der Waals surface area contributed by atoms with Gasteiger partial charge in [-0.15, -0.1) is 0 Å². The highest BCUT2D eigenvalue weighted by molar-refractivity contribution is 5.89. The second-order valence-corrected chi connectivity index (χ2v) is 6.45. The van der Waals surface area contributed by atoms with Crippen LogP contribution in [0.5, 0.6) is 0 Å². The van der Waals surface area contributed by atoms with Crippen LogP contribution in [-0.4, -0.2) is 57.4 Å². The van der Waals surface area contributed by atoms with Crippen LogP contribution in [0, 0.1) is 11.8 Å². The number of rotatable bonds is 5. The average molecular weight is 324 g/mol. The zero-order valence-corrected chi connectivity index (χ0v) is 13.1. The molecule has 23 heavy (non-hydrogen) atoms. The maximum Gasteiger partial charge on any atom is 0.338 e. The molecular weight excluding hydrogens is 300 g/mol. The molecule has 6 heteroatoms. The van der Waals surface area contributed by atoms with Gasteiger partial charge in [-0.2, -0.15) is 0 Å². The molecule has 0 aromatic heterocycles. The number of benzene rings is 1. The molecule has 0 bridgehead atoms. The van der Waals surface area contributed by atoms with Crippen molar-refractivity contribution in [3.05, 3.63) is 35.9 Å². The lowest BCUT2D eigenvalue weighted by atomic mass is 9.71. The Morgan fingerprint density at radius 2 is 2.00 bits per heavy atom. The van der Waals surface area contributed by atoms with E-state index in [-0.39, 0.29) is 26.1 Å². The van der Waals surface area contributed by atoms with E-state index in [1.165, 1.54) is 6.92 Å². The summed E-state index contributed by atoms with van der Waals surface area (Å²) in [5, 5.41) is 39.7. The molecule has 6 nitrogen and oxygen atoms in total. The second kappa shape index (κ2) is 7.40. The lowest BCUT2D eigenvalue weighted by Gasteiger charge is -2.43. The van der Waals surface area contributed by atoms with Crippen LogP contribution in [0.1, 0.15) is 30.1 Å². The summed E-state index contributed by atoms with van der Waals surface area (Å²) in [7, 11) is 0. The Hall–Kier alpha value is -1.47. The molecule has 0 unspecified atom stereocenters. The largest absolute Gasteiger partial charge is 0.462 e. The molecule has 1 aromatic rings. The van der Waals surface area contributed by atoms with Crippen LogP contribution in [0.2, 0.25) is 0 Å².